The van der Waals surface area contributed by atoms with Crippen LogP contribution >= 0.6 is 11.8 Å². The standard InChI is InChI=1S/C13H20F3N5OS/c1-20-5-4-18-10(20)12(22,13(14,15)16)2-3-19-11(17)21-6-8-23-9-7-21/h4-5,22H,2-3,6-9H2,1H3,(H2,17,19). The van der Waals surface area contributed by atoms with E-state index in [-0.39, 0.29) is 12.5 Å². The number of halogens is 3. The zero-order valence-corrected chi connectivity index (χ0v) is 13.6. The second-order valence-electron chi connectivity index (χ2n) is 5.31. The zero-order valence-electron chi connectivity index (χ0n) is 12.8. The van der Waals surface area contributed by atoms with Crippen molar-refractivity contribution in [1.29, 1.82) is 0 Å². The summed E-state index contributed by atoms with van der Waals surface area (Å²) in [6, 6.07) is 0. The van der Waals surface area contributed by atoms with E-state index in [9.17, 15) is 18.3 Å². The molecule has 0 saturated carbocycles. The highest BCUT2D eigenvalue weighted by molar-refractivity contribution is 7.99. The van der Waals surface area contributed by atoms with E-state index in [2.05, 4.69) is 9.98 Å². The number of guanidine groups is 1. The summed E-state index contributed by atoms with van der Waals surface area (Å²) >= 11 is 1.80. The molecule has 2 rings (SSSR count). The van der Waals surface area contributed by atoms with Crippen molar-refractivity contribution in [3.8, 4) is 0 Å². The molecule has 2 heterocycles. The molecule has 3 N–H and O–H groups in total. The molecular weight excluding hydrogens is 331 g/mol. The normalized spacial score (nSPS) is 19.7. The highest BCUT2D eigenvalue weighted by Gasteiger charge is 2.57. The molecule has 1 aliphatic rings. The van der Waals surface area contributed by atoms with Crippen LogP contribution in [0.5, 0.6) is 0 Å². The third-order valence-electron chi connectivity index (χ3n) is 3.74. The summed E-state index contributed by atoms with van der Waals surface area (Å²) in [6.45, 7) is 1.21. The minimum Gasteiger partial charge on any atom is -0.374 e. The lowest BCUT2D eigenvalue weighted by molar-refractivity contribution is -0.272. The smallest absolute Gasteiger partial charge is 0.374 e. The molecule has 1 unspecified atom stereocenters. The molecule has 1 aliphatic heterocycles. The van der Waals surface area contributed by atoms with E-state index < -0.39 is 24.0 Å². The fourth-order valence-electron chi connectivity index (χ4n) is 2.37. The lowest BCUT2D eigenvalue weighted by Gasteiger charge is -2.30. The molecule has 1 aromatic rings. The number of aliphatic imine (C=N–C) groups is 1. The van der Waals surface area contributed by atoms with Crippen LogP contribution in [0.1, 0.15) is 12.2 Å². The fourth-order valence-corrected chi connectivity index (χ4v) is 3.27. The second-order valence-corrected chi connectivity index (χ2v) is 6.53. The molecule has 1 aromatic heterocycles. The molecule has 1 atom stereocenters. The first-order chi connectivity index (χ1) is 10.8. The van der Waals surface area contributed by atoms with Gasteiger partial charge in [-0.15, -0.1) is 0 Å². The summed E-state index contributed by atoms with van der Waals surface area (Å²) in [5.74, 6) is 1.59. The fraction of sp³-hybridized carbons (Fsp3) is 0.692. The maximum Gasteiger partial charge on any atom is 0.424 e. The Morgan fingerprint density at radius 2 is 2.09 bits per heavy atom. The highest BCUT2D eigenvalue weighted by Crippen LogP contribution is 2.40. The Hall–Kier alpha value is -1.42. The molecule has 23 heavy (non-hydrogen) atoms. The van der Waals surface area contributed by atoms with Crippen LogP contribution < -0.4 is 5.73 Å². The first-order valence-electron chi connectivity index (χ1n) is 7.15. The van der Waals surface area contributed by atoms with Crippen LogP contribution in [0.3, 0.4) is 0 Å². The summed E-state index contributed by atoms with van der Waals surface area (Å²) in [6.07, 6.45) is -2.91. The van der Waals surface area contributed by atoms with Gasteiger partial charge in [-0.05, 0) is 0 Å². The first kappa shape index (κ1) is 17.9. The largest absolute Gasteiger partial charge is 0.424 e. The quantitative estimate of drug-likeness (QED) is 0.623. The van der Waals surface area contributed by atoms with Crippen LogP contribution in [-0.2, 0) is 12.6 Å². The minimum absolute atomic E-state index is 0.217. The van der Waals surface area contributed by atoms with Crippen LogP contribution in [0, 0.1) is 0 Å². The molecule has 0 aliphatic carbocycles. The molecule has 1 saturated heterocycles. The van der Waals surface area contributed by atoms with Crippen LogP contribution in [0.15, 0.2) is 17.4 Å². The number of aliphatic hydroxyl groups is 1. The van der Waals surface area contributed by atoms with Crippen LogP contribution in [0.4, 0.5) is 13.2 Å². The molecule has 10 heteroatoms. The average molecular weight is 351 g/mol. The number of rotatable bonds is 4. The van der Waals surface area contributed by atoms with E-state index in [1.807, 2.05) is 4.90 Å². The van der Waals surface area contributed by atoms with Gasteiger partial charge in [0.25, 0.3) is 0 Å². The van der Waals surface area contributed by atoms with Gasteiger partial charge in [-0.25, -0.2) is 4.98 Å². The van der Waals surface area contributed by atoms with Gasteiger partial charge >= 0.3 is 6.18 Å². The monoisotopic (exact) mass is 351 g/mol. The summed E-state index contributed by atoms with van der Waals surface area (Å²) < 4.78 is 41.1. The lowest BCUT2D eigenvalue weighted by atomic mass is 9.98. The Kier molecular flexibility index (Phi) is 5.45. The van der Waals surface area contributed by atoms with Gasteiger partial charge in [0.1, 0.15) is 5.82 Å². The van der Waals surface area contributed by atoms with E-state index in [1.165, 1.54) is 19.4 Å². The van der Waals surface area contributed by atoms with Gasteiger partial charge < -0.3 is 20.3 Å². The predicted octanol–water partition coefficient (Wildman–Crippen LogP) is 0.924. The van der Waals surface area contributed by atoms with Crippen LogP contribution in [0.25, 0.3) is 0 Å². The maximum absolute atomic E-state index is 13.3. The highest BCUT2D eigenvalue weighted by atomic mass is 32.2. The van der Waals surface area contributed by atoms with Crippen molar-refractivity contribution in [1.82, 2.24) is 14.5 Å². The van der Waals surface area contributed by atoms with Gasteiger partial charge in [-0.1, -0.05) is 0 Å². The maximum atomic E-state index is 13.3. The third kappa shape index (κ3) is 3.92. The van der Waals surface area contributed by atoms with Crippen molar-refractivity contribution < 1.29 is 18.3 Å². The lowest BCUT2D eigenvalue weighted by Crippen LogP contribution is -2.45. The number of aromatic nitrogens is 2. The third-order valence-corrected chi connectivity index (χ3v) is 4.69. The average Bonchev–Trinajstić information content (AvgIpc) is 2.93. The van der Waals surface area contributed by atoms with Gasteiger partial charge in [-0.2, -0.15) is 24.9 Å². The second kappa shape index (κ2) is 7.00. The molecule has 1 fully saturated rings. The number of aryl methyl sites for hydroxylation is 1. The number of alkyl halides is 3. The molecule has 0 amide bonds. The summed E-state index contributed by atoms with van der Waals surface area (Å²) in [4.78, 5) is 9.48. The van der Waals surface area contributed by atoms with Gasteiger partial charge in [0, 0.05) is 57.0 Å². The Balaban J connectivity index is 2.09. The Bertz CT molecular complexity index is 556. The van der Waals surface area contributed by atoms with Crippen molar-refractivity contribution in [2.45, 2.75) is 18.2 Å². The van der Waals surface area contributed by atoms with Crippen LogP contribution in [-0.4, -0.2) is 62.8 Å². The number of nitrogens with two attached hydrogens (primary N) is 1. The molecule has 0 radical (unpaired) electrons. The molecule has 0 bridgehead atoms. The van der Waals surface area contributed by atoms with Gasteiger partial charge in [-0.3, -0.25) is 4.99 Å². The number of thioether (sulfide) groups is 1. The van der Waals surface area contributed by atoms with E-state index in [1.54, 1.807) is 11.8 Å². The summed E-state index contributed by atoms with van der Waals surface area (Å²) in [5, 5.41) is 10.2. The van der Waals surface area contributed by atoms with Crippen molar-refractivity contribution in [2.75, 3.05) is 31.1 Å². The number of hydrogen-bond acceptors (Lipinski definition) is 4. The summed E-state index contributed by atoms with van der Waals surface area (Å²) in [7, 11) is 1.40. The van der Waals surface area contributed by atoms with E-state index in [4.69, 9.17) is 5.73 Å². The number of hydrogen-bond donors (Lipinski definition) is 2. The van der Waals surface area contributed by atoms with Crippen LogP contribution in [0.2, 0.25) is 0 Å². The molecule has 6 nitrogen and oxygen atoms in total. The van der Waals surface area contributed by atoms with E-state index >= 15 is 0 Å². The number of nitrogens with zero attached hydrogens (tertiary/aromatic N) is 4. The van der Waals surface area contributed by atoms with Gasteiger partial charge in [0.05, 0.1) is 0 Å². The SMILES string of the molecule is Cn1ccnc1C(O)(CCN=C(N)N1CCSCC1)C(F)(F)F. The molecule has 0 spiro atoms. The number of imidazole rings is 1. The molecule has 130 valence electrons. The minimum atomic E-state index is -4.85. The Labute approximate surface area is 136 Å². The predicted molar refractivity (Wildman–Crippen MR) is 83.2 cm³/mol. The van der Waals surface area contributed by atoms with Crippen molar-refractivity contribution in [2.24, 2.45) is 17.8 Å². The van der Waals surface area contributed by atoms with Crippen molar-refractivity contribution >= 4 is 17.7 Å². The molecular formula is C13H20F3N5OS. The first-order valence-corrected chi connectivity index (χ1v) is 8.30. The Morgan fingerprint density at radius 1 is 1.43 bits per heavy atom. The van der Waals surface area contributed by atoms with Crippen molar-refractivity contribution in [3.63, 3.8) is 0 Å². The zero-order chi connectivity index (χ0) is 17.1. The van der Waals surface area contributed by atoms with E-state index in [0.29, 0.717) is 0 Å². The topological polar surface area (TPSA) is 79.7 Å². The summed E-state index contributed by atoms with van der Waals surface area (Å²) in [5.41, 5.74) is 2.77. The van der Waals surface area contributed by atoms with E-state index in [0.717, 1.165) is 29.2 Å². The molecule has 0 aromatic carbocycles. The van der Waals surface area contributed by atoms with Gasteiger partial charge in [0.15, 0.2) is 5.96 Å². The van der Waals surface area contributed by atoms with Crippen molar-refractivity contribution in [3.05, 3.63) is 18.2 Å². The van der Waals surface area contributed by atoms with Gasteiger partial charge in [0.2, 0.25) is 5.60 Å². The Morgan fingerprint density at radius 3 is 2.61 bits per heavy atom.